The molecule has 0 saturated carbocycles. The molecule has 0 aliphatic carbocycles. The van der Waals surface area contributed by atoms with Crippen LogP contribution in [-0.4, -0.2) is 12.9 Å². The Balaban J connectivity index is 2.76. The Morgan fingerprint density at radius 3 is 2.18 bits per heavy atom. The molecule has 1 aliphatic rings. The average Bonchev–Trinajstić information content (AvgIpc) is 2.32. The quantitative estimate of drug-likeness (QED) is 0.553. The molecule has 11 heavy (non-hydrogen) atoms. The lowest BCUT2D eigenvalue weighted by Crippen LogP contribution is -2.05. The maximum Gasteiger partial charge on any atom is 0.266 e. The van der Waals surface area contributed by atoms with E-state index in [-0.39, 0.29) is 0 Å². The van der Waals surface area contributed by atoms with Gasteiger partial charge in [0, 0.05) is 11.8 Å². The summed E-state index contributed by atoms with van der Waals surface area (Å²) < 4.78 is 47.3. The van der Waals surface area contributed by atoms with Crippen molar-refractivity contribution in [1.82, 2.24) is 5.32 Å². The summed E-state index contributed by atoms with van der Waals surface area (Å²) in [4.78, 5) is 0. The van der Waals surface area contributed by atoms with Crippen LogP contribution >= 0.6 is 0 Å². The molecule has 2 radical (unpaired) electrons. The predicted molar refractivity (Wildman–Crippen MR) is 29.0 cm³/mol. The van der Waals surface area contributed by atoms with Crippen LogP contribution in [0.5, 0.6) is 0 Å². The van der Waals surface area contributed by atoms with E-state index in [1.54, 1.807) is 6.20 Å². The number of halogens is 4. The molecule has 5 heteroatoms. The summed E-state index contributed by atoms with van der Waals surface area (Å²) in [5, 5.41) is 3.08. The molecule has 0 unspecified atom stereocenters. The van der Waals surface area contributed by atoms with E-state index in [2.05, 4.69) is 5.32 Å². The number of alkyl halides is 4. The van der Waals surface area contributed by atoms with Crippen LogP contribution in [0, 0.1) is 6.20 Å². The molecule has 0 amide bonds. The predicted octanol–water partition coefficient (Wildman–Crippen LogP) is 1.71. The molecule has 1 nitrogen and oxygen atoms in total. The molecule has 1 aliphatic heterocycles. The van der Waals surface area contributed by atoms with Gasteiger partial charge in [0.15, 0.2) is 0 Å². The summed E-state index contributed by atoms with van der Waals surface area (Å²) in [6, 6.07) is 0. The normalized spacial score (nSPS) is 16.9. The number of hydrogen-bond acceptors (Lipinski definition) is 0. The van der Waals surface area contributed by atoms with Gasteiger partial charge in [-0.1, -0.05) is 0 Å². The molecule has 0 spiro atoms. The summed E-state index contributed by atoms with van der Waals surface area (Å²) in [7, 11) is 0. The second-order valence-electron chi connectivity index (χ2n) is 1.84. The van der Waals surface area contributed by atoms with Crippen LogP contribution in [0.25, 0.3) is 0 Å². The summed E-state index contributed by atoms with van der Waals surface area (Å²) in [6.45, 7) is 0. The van der Waals surface area contributed by atoms with Crippen LogP contribution in [0.2, 0.25) is 0 Å². The molecular weight excluding hydrogens is 162 g/mol. The van der Waals surface area contributed by atoms with E-state index < -0.39 is 24.0 Å². The number of allylic oxidation sites excluding steroid dienone is 2. The zero-order valence-electron chi connectivity index (χ0n) is 5.19. The van der Waals surface area contributed by atoms with Gasteiger partial charge in [-0.25, -0.2) is 17.6 Å². The largest absolute Gasteiger partial charge is 0.266 e. The summed E-state index contributed by atoms with van der Waals surface area (Å²) in [5.74, 6) is 0. The van der Waals surface area contributed by atoms with Crippen molar-refractivity contribution in [2.24, 2.45) is 0 Å². The van der Waals surface area contributed by atoms with Gasteiger partial charge in [-0.3, -0.25) is 5.32 Å². The van der Waals surface area contributed by atoms with Crippen LogP contribution in [0.3, 0.4) is 0 Å². The lowest BCUT2D eigenvalue weighted by molar-refractivity contribution is 0.162. The van der Waals surface area contributed by atoms with Gasteiger partial charge in [0.2, 0.25) is 0 Å². The highest BCUT2D eigenvalue weighted by Crippen LogP contribution is 2.25. The fraction of sp³-hybridized carbons (Fsp3) is 0.333. The van der Waals surface area contributed by atoms with Gasteiger partial charge in [0.05, 0.1) is 11.8 Å². The summed E-state index contributed by atoms with van der Waals surface area (Å²) in [6.07, 6.45) is -3.33. The Labute approximate surface area is 60.4 Å². The van der Waals surface area contributed by atoms with Gasteiger partial charge < -0.3 is 0 Å². The topological polar surface area (TPSA) is 14.1 Å². The van der Waals surface area contributed by atoms with Crippen LogP contribution < -0.4 is 5.32 Å². The Morgan fingerprint density at radius 1 is 1.18 bits per heavy atom. The molecule has 1 rings (SSSR count). The third-order valence-corrected chi connectivity index (χ3v) is 1.15. The molecule has 0 bridgehead atoms. The van der Waals surface area contributed by atoms with Crippen molar-refractivity contribution in [3.63, 3.8) is 0 Å². The summed E-state index contributed by atoms with van der Waals surface area (Å²) >= 11 is 0. The van der Waals surface area contributed by atoms with Crippen LogP contribution in [0.1, 0.15) is 0 Å². The lowest BCUT2D eigenvalue weighted by atomic mass is 10.1. The Hall–Kier alpha value is -1.00. The highest BCUT2D eigenvalue weighted by molar-refractivity contribution is 5.36. The van der Waals surface area contributed by atoms with Crippen molar-refractivity contribution >= 4 is 0 Å². The Bertz CT molecular complexity index is 185. The van der Waals surface area contributed by atoms with Crippen molar-refractivity contribution in [2.75, 3.05) is 0 Å². The van der Waals surface area contributed by atoms with E-state index in [0.29, 0.717) is 6.20 Å². The molecule has 0 aromatic carbocycles. The number of rotatable bonds is 2. The van der Waals surface area contributed by atoms with Crippen LogP contribution in [-0.2, 0) is 0 Å². The second kappa shape index (κ2) is 2.94. The molecule has 60 valence electrons. The number of nitrogens with zero attached hydrogens (tertiary/aromatic N) is 1. The maximum absolute atomic E-state index is 11.8. The molecule has 0 fully saturated rings. The first-order chi connectivity index (χ1) is 5.13. The highest BCUT2D eigenvalue weighted by atomic mass is 19.3. The van der Waals surface area contributed by atoms with E-state index in [9.17, 15) is 17.6 Å². The van der Waals surface area contributed by atoms with E-state index in [1.165, 1.54) is 0 Å². The molecule has 1 heterocycles. The van der Waals surface area contributed by atoms with Gasteiger partial charge in [-0.2, -0.15) is 0 Å². The highest BCUT2D eigenvalue weighted by Gasteiger charge is 2.26. The smallest absolute Gasteiger partial charge is 0.254 e. The first-order valence-corrected chi connectivity index (χ1v) is 2.72. The molecule has 0 aromatic rings. The standard InChI is InChI=1S/C6H3F4N/c7-5(8)3-1-11-2-4(3)6(9)10/h1,5-6H. The van der Waals surface area contributed by atoms with Crippen molar-refractivity contribution in [1.29, 1.82) is 0 Å². The van der Waals surface area contributed by atoms with E-state index in [1.807, 2.05) is 0 Å². The monoisotopic (exact) mass is 165 g/mol. The first-order valence-electron chi connectivity index (χ1n) is 2.72. The SMILES string of the molecule is FC(F)C1=[C][N]C=C1C(F)F. The zero-order valence-corrected chi connectivity index (χ0v) is 5.19. The van der Waals surface area contributed by atoms with E-state index in [4.69, 9.17) is 0 Å². The third-order valence-electron chi connectivity index (χ3n) is 1.15. The van der Waals surface area contributed by atoms with E-state index in [0.717, 1.165) is 0 Å². The van der Waals surface area contributed by atoms with Crippen LogP contribution in [0.4, 0.5) is 17.6 Å². The minimum absolute atomic E-state index is 0.701. The number of hydrogen-bond donors (Lipinski definition) is 0. The van der Waals surface area contributed by atoms with Gasteiger partial charge in [0.1, 0.15) is 0 Å². The van der Waals surface area contributed by atoms with Crippen molar-refractivity contribution < 1.29 is 17.6 Å². The molecule has 0 atom stereocenters. The van der Waals surface area contributed by atoms with E-state index >= 15 is 0 Å². The Kier molecular flexibility index (Phi) is 2.16. The summed E-state index contributed by atoms with van der Waals surface area (Å²) in [5.41, 5.74) is -1.54. The zero-order chi connectivity index (χ0) is 8.43. The molecular formula is C6H3F4N. The average molecular weight is 165 g/mol. The molecule has 0 saturated heterocycles. The van der Waals surface area contributed by atoms with Crippen molar-refractivity contribution in [3.05, 3.63) is 23.5 Å². The lowest BCUT2D eigenvalue weighted by Gasteiger charge is -2.02. The van der Waals surface area contributed by atoms with Gasteiger partial charge >= 0.3 is 0 Å². The van der Waals surface area contributed by atoms with Gasteiger partial charge in [0.25, 0.3) is 12.9 Å². The molecule has 0 aromatic heterocycles. The van der Waals surface area contributed by atoms with Crippen LogP contribution in [0.15, 0.2) is 17.3 Å². The fourth-order valence-corrected chi connectivity index (χ4v) is 0.654. The second-order valence-corrected chi connectivity index (χ2v) is 1.84. The molecule has 0 N–H and O–H groups in total. The van der Waals surface area contributed by atoms with Gasteiger partial charge in [-0.05, 0) is 0 Å². The van der Waals surface area contributed by atoms with Crippen molar-refractivity contribution in [2.45, 2.75) is 12.9 Å². The minimum atomic E-state index is -2.93. The maximum atomic E-state index is 11.8. The minimum Gasteiger partial charge on any atom is -0.254 e. The Morgan fingerprint density at radius 2 is 1.82 bits per heavy atom. The van der Waals surface area contributed by atoms with Crippen molar-refractivity contribution in [3.8, 4) is 0 Å². The third kappa shape index (κ3) is 1.53. The van der Waals surface area contributed by atoms with Gasteiger partial charge in [-0.15, -0.1) is 0 Å². The first kappa shape index (κ1) is 8.10. The fourth-order valence-electron chi connectivity index (χ4n) is 0.654.